The molecule has 154 valence electrons. The monoisotopic (exact) mass is 416 g/mol. The quantitative estimate of drug-likeness (QED) is 0.658. The number of fused-ring (bicyclic) bond motifs is 1. The van der Waals surface area contributed by atoms with E-state index in [1.165, 1.54) is 8.99 Å². The molecule has 0 unspecified atom stereocenters. The summed E-state index contributed by atoms with van der Waals surface area (Å²) in [5.74, 6) is 0.118. The first-order valence-electron chi connectivity index (χ1n) is 9.70. The van der Waals surface area contributed by atoms with Crippen LogP contribution in [0.25, 0.3) is 22.4 Å². The summed E-state index contributed by atoms with van der Waals surface area (Å²) >= 11 is 0. The minimum Gasteiger partial charge on any atom is -0.314 e. The van der Waals surface area contributed by atoms with Gasteiger partial charge < -0.3 is 5.32 Å². The van der Waals surface area contributed by atoms with Crippen molar-refractivity contribution >= 4 is 21.2 Å². The molecule has 4 rings (SSSR count). The lowest BCUT2D eigenvalue weighted by molar-refractivity contribution is 0.356. The van der Waals surface area contributed by atoms with Crippen molar-refractivity contribution in [3.8, 4) is 11.4 Å². The van der Waals surface area contributed by atoms with Crippen molar-refractivity contribution in [2.45, 2.75) is 19.8 Å². The number of aryl methyl sites for hydroxylation is 2. The highest BCUT2D eigenvalue weighted by atomic mass is 32.2. The maximum Gasteiger partial charge on any atom is 0.312 e. The second-order valence-corrected chi connectivity index (χ2v) is 8.82. The Kier molecular flexibility index (Phi) is 5.24. The highest BCUT2D eigenvalue weighted by Gasteiger charge is 2.32. The van der Waals surface area contributed by atoms with E-state index in [0.717, 1.165) is 10.4 Å². The number of nitrogens with zero attached hydrogens (tertiary/aromatic N) is 5. The van der Waals surface area contributed by atoms with E-state index in [4.69, 9.17) is 0 Å². The average Bonchev–Trinajstić information content (AvgIpc) is 3.05. The van der Waals surface area contributed by atoms with Crippen LogP contribution in [0.15, 0.2) is 35.1 Å². The Balaban J connectivity index is 2.05. The second-order valence-electron chi connectivity index (χ2n) is 7.05. The zero-order valence-corrected chi connectivity index (χ0v) is 17.3. The van der Waals surface area contributed by atoms with E-state index in [1.807, 2.05) is 13.0 Å². The number of piperazine rings is 1. The fraction of sp³-hybridized carbons (Fsp3) is 0.421. The van der Waals surface area contributed by atoms with E-state index in [2.05, 4.69) is 15.4 Å². The van der Waals surface area contributed by atoms with Crippen LogP contribution < -0.4 is 10.9 Å². The van der Waals surface area contributed by atoms with Gasteiger partial charge >= 0.3 is 10.2 Å². The molecule has 1 aliphatic heterocycles. The molecule has 0 spiro atoms. The van der Waals surface area contributed by atoms with E-state index >= 15 is 0 Å². The van der Waals surface area contributed by atoms with E-state index in [1.54, 1.807) is 31.3 Å². The van der Waals surface area contributed by atoms with Crippen LogP contribution in [0.5, 0.6) is 0 Å². The van der Waals surface area contributed by atoms with Crippen molar-refractivity contribution in [2.75, 3.05) is 26.2 Å². The van der Waals surface area contributed by atoms with E-state index in [-0.39, 0.29) is 11.3 Å². The van der Waals surface area contributed by atoms with Gasteiger partial charge in [0.05, 0.1) is 5.69 Å². The minimum absolute atomic E-state index is 0.118. The van der Waals surface area contributed by atoms with Crippen LogP contribution >= 0.6 is 0 Å². The van der Waals surface area contributed by atoms with Crippen molar-refractivity contribution in [3.63, 3.8) is 0 Å². The van der Waals surface area contributed by atoms with Crippen LogP contribution in [-0.2, 0) is 23.7 Å². The number of aromatic nitrogens is 4. The number of hydrogen-bond donors (Lipinski definition) is 1. The third-order valence-electron chi connectivity index (χ3n) is 5.04. The summed E-state index contributed by atoms with van der Waals surface area (Å²) in [6.45, 7) is 3.70. The molecule has 1 aromatic carbocycles. The molecule has 10 heteroatoms. The average molecular weight is 417 g/mol. The summed E-state index contributed by atoms with van der Waals surface area (Å²) in [6, 6.07) is 8.94. The fourth-order valence-electron chi connectivity index (χ4n) is 3.65. The molecule has 0 radical (unpaired) electrons. The van der Waals surface area contributed by atoms with E-state index in [0.29, 0.717) is 49.4 Å². The summed E-state index contributed by atoms with van der Waals surface area (Å²) in [4.78, 5) is 18.2. The van der Waals surface area contributed by atoms with Gasteiger partial charge in [0.15, 0.2) is 11.3 Å². The molecule has 0 saturated carbocycles. The summed E-state index contributed by atoms with van der Waals surface area (Å²) in [6.07, 6.45) is 1.50. The predicted octanol–water partition coefficient (Wildman–Crippen LogP) is 0.748. The lowest BCUT2D eigenvalue weighted by Crippen LogP contribution is -2.50. The van der Waals surface area contributed by atoms with Gasteiger partial charge in [-0.15, -0.1) is 0 Å². The number of benzene rings is 1. The molecule has 1 saturated heterocycles. The van der Waals surface area contributed by atoms with E-state index in [9.17, 15) is 13.2 Å². The van der Waals surface area contributed by atoms with Crippen LogP contribution in [0.3, 0.4) is 0 Å². The molecule has 9 nitrogen and oxygen atoms in total. The van der Waals surface area contributed by atoms with Gasteiger partial charge in [-0.3, -0.25) is 9.48 Å². The molecule has 3 aromatic rings. The van der Waals surface area contributed by atoms with Gasteiger partial charge in [0.2, 0.25) is 0 Å². The maximum absolute atomic E-state index is 13.5. The third-order valence-corrected chi connectivity index (χ3v) is 6.86. The fourth-order valence-corrected chi connectivity index (χ4v) is 5.18. The molecular formula is C19H24N6O3S. The van der Waals surface area contributed by atoms with Gasteiger partial charge in [-0.1, -0.05) is 43.7 Å². The van der Waals surface area contributed by atoms with Gasteiger partial charge in [0, 0.05) is 38.8 Å². The van der Waals surface area contributed by atoms with Gasteiger partial charge in [-0.25, -0.2) is 4.98 Å². The van der Waals surface area contributed by atoms with Crippen LogP contribution in [0.2, 0.25) is 0 Å². The second kappa shape index (κ2) is 7.69. The van der Waals surface area contributed by atoms with Crippen molar-refractivity contribution in [2.24, 2.45) is 7.05 Å². The third kappa shape index (κ3) is 3.37. The molecular weight excluding hydrogens is 392 g/mol. The van der Waals surface area contributed by atoms with Gasteiger partial charge in [-0.2, -0.15) is 21.8 Å². The predicted molar refractivity (Wildman–Crippen MR) is 111 cm³/mol. The Hall–Kier alpha value is -2.56. The largest absolute Gasteiger partial charge is 0.314 e. The SMILES string of the molecule is CCCc1nn(C)c2c(=O)n(S(=O)(=O)N3CCNCC3)c(-c3ccccc3)nc12. The topological polar surface area (TPSA) is 102 Å². The molecule has 1 aliphatic rings. The number of hydrogen-bond acceptors (Lipinski definition) is 6. The first kappa shape index (κ1) is 19.7. The molecule has 0 aliphatic carbocycles. The van der Waals surface area contributed by atoms with Crippen molar-refractivity contribution in [1.29, 1.82) is 0 Å². The van der Waals surface area contributed by atoms with Crippen LogP contribution in [0.1, 0.15) is 19.0 Å². The first-order valence-corrected chi connectivity index (χ1v) is 11.1. The molecule has 0 amide bonds. The highest BCUT2D eigenvalue weighted by molar-refractivity contribution is 7.87. The molecule has 3 heterocycles. The Labute approximate surface area is 169 Å². The van der Waals surface area contributed by atoms with Crippen LogP contribution in [0, 0.1) is 0 Å². The summed E-state index contributed by atoms with van der Waals surface area (Å²) in [5, 5.41) is 7.57. The Morgan fingerprint density at radius 2 is 1.83 bits per heavy atom. The first-order chi connectivity index (χ1) is 13.9. The lowest BCUT2D eigenvalue weighted by Gasteiger charge is -2.27. The van der Waals surface area contributed by atoms with Crippen LogP contribution in [-0.4, -0.2) is 57.6 Å². The van der Waals surface area contributed by atoms with Crippen LogP contribution in [0.4, 0.5) is 0 Å². The Morgan fingerprint density at radius 1 is 1.14 bits per heavy atom. The number of rotatable bonds is 5. The molecule has 1 fully saturated rings. The zero-order chi connectivity index (χ0) is 20.6. The molecule has 29 heavy (non-hydrogen) atoms. The summed E-state index contributed by atoms with van der Waals surface area (Å²) in [5.41, 5.74) is 1.31. The minimum atomic E-state index is -4.09. The lowest BCUT2D eigenvalue weighted by atomic mass is 10.2. The molecule has 0 bridgehead atoms. The summed E-state index contributed by atoms with van der Waals surface area (Å²) in [7, 11) is -2.44. The maximum atomic E-state index is 13.5. The highest BCUT2D eigenvalue weighted by Crippen LogP contribution is 2.23. The van der Waals surface area contributed by atoms with E-state index < -0.39 is 15.8 Å². The van der Waals surface area contributed by atoms with Gasteiger partial charge in [0.25, 0.3) is 5.56 Å². The smallest absolute Gasteiger partial charge is 0.312 e. The summed E-state index contributed by atoms with van der Waals surface area (Å²) < 4.78 is 30.6. The van der Waals surface area contributed by atoms with Crippen molar-refractivity contribution in [3.05, 3.63) is 46.4 Å². The molecule has 1 N–H and O–H groups in total. The molecule has 0 atom stereocenters. The standard InChI is InChI=1S/C19H24N6O3S/c1-3-7-15-16-17(23(2)22-15)19(26)25(18(21-16)14-8-5-4-6-9-14)29(27,28)24-12-10-20-11-13-24/h4-6,8-9,20H,3,7,10-13H2,1-2H3. The van der Waals surface area contributed by atoms with Crippen molar-refractivity contribution < 1.29 is 8.42 Å². The Bertz CT molecular complexity index is 1190. The molecule has 2 aromatic heterocycles. The Morgan fingerprint density at radius 3 is 2.48 bits per heavy atom. The van der Waals surface area contributed by atoms with Crippen molar-refractivity contribution in [1.82, 2.24) is 28.4 Å². The normalized spacial score (nSPS) is 15.8. The number of nitrogens with one attached hydrogen (secondary N) is 1. The zero-order valence-electron chi connectivity index (χ0n) is 16.5. The van der Waals surface area contributed by atoms with Gasteiger partial charge in [-0.05, 0) is 6.42 Å². The van der Waals surface area contributed by atoms with Gasteiger partial charge in [0.1, 0.15) is 5.52 Å².